The number of urea groups is 1. The summed E-state index contributed by atoms with van der Waals surface area (Å²) in [5, 5.41) is 17.6. The van der Waals surface area contributed by atoms with Crippen molar-refractivity contribution >= 4 is 17.4 Å². The number of hydrogen-bond acceptors (Lipinski definition) is 4. The number of aliphatic hydroxyl groups is 1. The van der Waals surface area contributed by atoms with E-state index in [1.54, 1.807) is 6.92 Å². The van der Waals surface area contributed by atoms with Crippen molar-refractivity contribution in [1.82, 2.24) is 10.6 Å². The molecule has 5 nitrogen and oxygen atoms in total. The number of thiophene rings is 1. The number of rotatable bonds is 5. The van der Waals surface area contributed by atoms with Crippen LogP contribution in [-0.4, -0.2) is 17.7 Å². The van der Waals surface area contributed by atoms with E-state index < -0.39 is 5.60 Å². The highest BCUT2D eigenvalue weighted by molar-refractivity contribution is 7.10. The maximum Gasteiger partial charge on any atom is 0.315 e. The predicted molar refractivity (Wildman–Crippen MR) is 82.3 cm³/mol. The Balaban J connectivity index is 1.81. The predicted octanol–water partition coefficient (Wildman–Crippen LogP) is 2.66. The van der Waals surface area contributed by atoms with Gasteiger partial charge in [0.05, 0.1) is 6.54 Å². The fourth-order valence-electron chi connectivity index (χ4n) is 2.02. The standard InChI is InChI=1S/C15H20N2O3S/c1-10-7-12(11(2)20-10)8-16-14(18)17-9-15(3,19)13-5-4-6-21-13/h4-7,19H,8-9H2,1-3H3,(H2,16,17,18). The highest BCUT2D eigenvalue weighted by Gasteiger charge is 2.24. The topological polar surface area (TPSA) is 74.5 Å². The minimum Gasteiger partial charge on any atom is -0.466 e. The van der Waals surface area contributed by atoms with Crippen LogP contribution in [0.3, 0.4) is 0 Å². The molecule has 114 valence electrons. The zero-order chi connectivity index (χ0) is 15.5. The quantitative estimate of drug-likeness (QED) is 0.795. The van der Waals surface area contributed by atoms with Crippen molar-refractivity contribution in [2.24, 2.45) is 0 Å². The molecule has 1 unspecified atom stereocenters. The molecule has 2 aromatic heterocycles. The van der Waals surface area contributed by atoms with Crippen LogP contribution in [0.5, 0.6) is 0 Å². The van der Waals surface area contributed by atoms with Gasteiger partial charge in [-0.05, 0) is 38.3 Å². The zero-order valence-electron chi connectivity index (χ0n) is 12.4. The van der Waals surface area contributed by atoms with Crippen LogP contribution in [-0.2, 0) is 12.1 Å². The fraction of sp³-hybridized carbons (Fsp3) is 0.400. The van der Waals surface area contributed by atoms with E-state index in [1.165, 1.54) is 11.3 Å². The van der Waals surface area contributed by atoms with Crippen LogP contribution < -0.4 is 10.6 Å². The molecule has 0 aliphatic rings. The summed E-state index contributed by atoms with van der Waals surface area (Å²) in [6.07, 6.45) is 0. The molecule has 0 aliphatic carbocycles. The smallest absolute Gasteiger partial charge is 0.315 e. The molecule has 0 spiro atoms. The van der Waals surface area contributed by atoms with Crippen molar-refractivity contribution in [2.45, 2.75) is 32.9 Å². The number of hydrogen-bond donors (Lipinski definition) is 3. The van der Waals surface area contributed by atoms with Crippen LogP contribution in [0.4, 0.5) is 4.79 Å². The molecule has 6 heteroatoms. The number of furan rings is 1. The van der Waals surface area contributed by atoms with Crippen molar-refractivity contribution in [2.75, 3.05) is 6.54 Å². The summed E-state index contributed by atoms with van der Waals surface area (Å²) in [5.74, 6) is 1.63. The van der Waals surface area contributed by atoms with Crippen LogP contribution in [0.2, 0.25) is 0 Å². The van der Waals surface area contributed by atoms with Crippen LogP contribution in [0.1, 0.15) is 28.9 Å². The van der Waals surface area contributed by atoms with Gasteiger partial charge in [-0.3, -0.25) is 0 Å². The first-order valence-electron chi connectivity index (χ1n) is 6.72. The number of amides is 2. The second-order valence-corrected chi connectivity index (χ2v) is 6.17. The third-order valence-corrected chi connectivity index (χ3v) is 4.35. The van der Waals surface area contributed by atoms with Gasteiger partial charge < -0.3 is 20.2 Å². The van der Waals surface area contributed by atoms with E-state index in [0.717, 1.165) is 22.0 Å². The Kier molecular flexibility index (Phi) is 4.69. The molecule has 0 saturated heterocycles. The Morgan fingerprint density at radius 2 is 2.19 bits per heavy atom. The minimum atomic E-state index is -1.06. The molecule has 0 aromatic carbocycles. The second-order valence-electron chi connectivity index (χ2n) is 5.23. The molecule has 2 aromatic rings. The Morgan fingerprint density at radius 1 is 1.43 bits per heavy atom. The summed E-state index contributed by atoms with van der Waals surface area (Å²) < 4.78 is 5.40. The lowest BCUT2D eigenvalue weighted by Gasteiger charge is -2.22. The molecule has 0 aliphatic heterocycles. The van der Waals surface area contributed by atoms with Crippen molar-refractivity contribution in [3.05, 3.63) is 45.5 Å². The summed E-state index contributed by atoms with van der Waals surface area (Å²) >= 11 is 1.46. The first-order chi connectivity index (χ1) is 9.88. The molecular formula is C15H20N2O3S. The summed E-state index contributed by atoms with van der Waals surface area (Å²) in [6.45, 7) is 5.97. The maximum absolute atomic E-state index is 11.8. The Labute approximate surface area is 128 Å². The molecule has 2 rings (SSSR count). The average molecular weight is 308 g/mol. The van der Waals surface area contributed by atoms with Crippen molar-refractivity contribution in [3.8, 4) is 0 Å². The highest BCUT2D eigenvalue weighted by Crippen LogP contribution is 2.24. The molecule has 2 amide bonds. The summed E-state index contributed by atoms with van der Waals surface area (Å²) in [7, 11) is 0. The molecule has 1 atom stereocenters. The highest BCUT2D eigenvalue weighted by atomic mass is 32.1. The van der Waals surface area contributed by atoms with Gasteiger partial charge in [0.1, 0.15) is 17.1 Å². The van der Waals surface area contributed by atoms with Crippen LogP contribution in [0, 0.1) is 13.8 Å². The Morgan fingerprint density at radius 3 is 2.76 bits per heavy atom. The van der Waals surface area contributed by atoms with Gasteiger partial charge in [-0.1, -0.05) is 6.07 Å². The van der Waals surface area contributed by atoms with E-state index in [0.29, 0.717) is 6.54 Å². The number of carbonyl (C=O) groups excluding carboxylic acids is 1. The third-order valence-electron chi connectivity index (χ3n) is 3.23. The zero-order valence-corrected chi connectivity index (χ0v) is 13.2. The molecule has 0 saturated carbocycles. The summed E-state index contributed by atoms with van der Waals surface area (Å²) in [4.78, 5) is 12.6. The Bertz CT molecular complexity index is 602. The van der Waals surface area contributed by atoms with Gasteiger partial charge in [0.25, 0.3) is 0 Å². The molecule has 21 heavy (non-hydrogen) atoms. The van der Waals surface area contributed by atoms with Crippen LogP contribution in [0.25, 0.3) is 0 Å². The van der Waals surface area contributed by atoms with Crippen molar-refractivity contribution in [3.63, 3.8) is 0 Å². The first kappa shape index (κ1) is 15.6. The van der Waals surface area contributed by atoms with E-state index >= 15 is 0 Å². The monoisotopic (exact) mass is 308 g/mol. The third kappa shape index (κ3) is 4.09. The van der Waals surface area contributed by atoms with E-state index in [9.17, 15) is 9.90 Å². The van der Waals surface area contributed by atoms with Crippen molar-refractivity contribution < 1.29 is 14.3 Å². The SMILES string of the molecule is Cc1cc(CNC(=O)NCC(C)(O)c2cccs2)c(C)o1. The van der Waals surface area contributed by atoms with Crippen LogP contribution in [0.15, 0.2) is 28.0 Å². The van der Waals surface area contributed by atoms with E-state index in [-0.39, 0.29) is 12.6 Å². The van der Waals surface area contributed by atoms with E-state index in [1.807, 2.05) is 37.4 Å². The second kappa shape index (κ2) is 6.32. The minimum absolute atomic E-state index is 0.155. The lowest BCUT2D eigenvalue weighted by Crippen LogP contribution is -2.42. The van der Waals surface area contributed by atoms with E-state index in [4.69, 9.17) is 4.42 Å². The summed E-state index contributed by atoms with van der Waals surface area (Å²) in [5.41, 5.74) is -0.110. The molecule has 0 fully saturated rings. The normalized spacial score (nSPS) is 13.7. The lowest BCUT2D eigenvalue weighted by atomic mass is 10.1. The van der Waals surface area contributed by atoms with Gasteiger partial charge in [0.15, 0.2) is 0 Å². The Hall–Kier alpha value is -1.79. The van der Waals surface area contributed by atoms with Crippen LogP contribution >= 0.6 is 11.3 Å². The number of nitrogens with one attached hydrogen (secondary N) is 2. The number of aryl methyl sites for hydroxylation is 2. The lowest BCUT2D eigenvalue weighted by molar-refractivity contribution is 0.0631. The largest absolute Gasteiger partial charge is 0.466 e. The molecule has 0 bridgehead atoms. The van der Waals surface area contributed by atoms with Gasteiger partial charge in [-0.15, -0.1) is 11.3 Å². The summed E-state index contributed by atoms with van der Waals surface area (Å²) in [6, 6.07) is 5.31. The molecule has 3 N–H and O–H groups in total. The maximum atomic E-state index is 11.8. The molecule has 2 heterocycles. The van der Waals surface area contributed by atoms with Gasteiger partial charge in [0, 0.05) is 17.0 Å². The molecule has 0 radical (unpaired) electrons. The van der Waals surface area contributed by atoms with Crippen molar-refractivity contribution in [1.29, 1.82) is 0 Å². The number of carbonyl (C=O) groups is 1. The molecular weight excluding hydrogens is 288 g/mol. The average Bonchev–Trinajstić information content (AvgIpc) is 3.04. The first-order valence-corrected chi connectivity index (χ1v) is 7.60. The van der Waals surface area contributed by atoms with Gasteiger partial charge in [-0.2, -0.15) is 0 Å². The van der Waals surface area contributed by atoms with E-state index in [2.05, 4.69) is 10.6 Å². The van der Waals surface area contributed by atoms with Gasteiger partial charge in [0.2, 0.25) is 0 Å². The fourth-order valence-corrected chi connectivity index (χ4v) is 2.81. The van der Waals surface area contributed by atoms with Gasteiger partial charge in [-0.25, -0.2) is 4.79 Å². The van der Waals surface area contributed by atoms with Gasteiger partial charge >= 0.3 is 6.03 Å².